The van der Waals surface area contributed by atoms with E-state index in [0.29, 0.717) is 6.61 Å². The molecule has 0 spiro atoms. The third-order valence-electron chi connectivity index (χ3n) is 3.63. The Labute approximate surface area is 112 Å². The van der Waals surface area contributed by atoms with Gasteiger partial charge in [0.1, 0.15) is 18.3 Å². The van der Waals surface area contributed by atoms with Crippen molar-refractivity contribution in [1.82, 2.24) is 5.48 Å². The second-order valence-electron chi connectivity index (χ2n) is 6.09. The molecule has 0 amide bonds. The predicted octanol–water partition coefficient (Wildman–Crippen LogP) is 0.362. The summed E-state index contributed by atoms with van der Waals surface area (Å²) in [6.07, 6.45) is -1.51. The van der Waals surface area contributed by atoms with Gasteiger partial charge in [0.15, 0.2) is 17.9 Å². The maximum atomic E-state index is 9.38. The fourth-order valence-corrected chi connectivity index (χ4v) is 2.88. The largest absolute Gasteiger partial charge is 0.348 e. The lowest BCUT2D eigenvalue weighted by Crippen LogP contribution is -2.49. The zero-order chi connectivity index (χ0) is 13.8. The average molecular weight is 275 g/mol. The monoisotopic (exact) mass is 275 g/mol. The minimum atomic E-state index is -0.707. The SMILES string of the molecule is CC1(C)OCC([C@H]2O[C@@H]3OC(C)(C)O[C@@H]3[C@@H]2NO)O1. The lowest BCUT2D eigenvalue weighted by molar-refractivity contribution is -0.226. The van der Waals surface area contributed by atoms with Crippen LogP contribution in [0.4, 0.5) is 0 Å². The molecule has 1 unspecified atom stereocenters. The first-order valence-electron chi connectivity index (χ1n) is 6.54. The van der Waals surface area contributed by atoms with Gasteiger partial charge >= 0.3 is 0 Å². The van der Waals surface area contributed by atoms with E-state index < -0.39 is 23.9 Å². The molecule has 0 radical (unpaired) electrons. The molecule has 3 heterocycles. The van der Waals surface area contributed by atoms with Crippen molar-refractivity contribution in [3.8, 4) is 0 Å². The van der Waals surface area contributed by atoms with Crippen molar-refractivity contribution in [2.45, 2.75) is 69.9 Å². The Bertz CT molecular complexity index is 360. The Balaban J connectivity index is 1.72. The summed E-state index contributed by atoms with van der Waals surface area (Å²) in [4.78, 5) is 0. The first-order chi connectivity index (χ1) is 8.81. The summed E-state index contributed by atoms with van der Waals surface area (Å²) in [5.41, 5.74) is 2.26. The average Bonchev–Trinajstić information content (AvgIpc) is 2.87. The van der Waals surface area contributed by atoms with Crippen LogP contribution in [0.3, 0.4) is 0 Å². The minimum absolute atomic E-state index is 0.263. The Morgan fingerprint density at radius 2 is 1.74 bits per heavy atom. The van der Waals surface area contributed by atoms with Gasteiger partial charge in [0.05, 0.1) is 12.6 Å². The molecule has 19 heavy (non-hydrogen) atoms. The van der Waals surface area contributed by atoms with E-state index in [1.165, 1.54) is 0 Å². The number of rotatable bonds is 2. The highest BCUT2D eigenvalue weighted by Crippen LogP contribution is 2.40. The Morgan fingerprint density at radius 3 is 2.32 bits per heavy atom. The van der Waals surface area contributed by atoms with E-state index in [2.05, 4.69) is 5.48 Å². The number of ether oxygens (including phenoxy) is 5. The van der Waals surface area contributed by atoms with Crippen LogP contribution in [0.25, 0.3) is 0 Å². The van der Waals surface area contributed by atoms with Crippen molar-refractivity contribution in [1.29, 1.82) is 0 Å². The summed E-state index contributed by atoms with van der Waals surface area (Å²) in [6, 6.07) is -0.408. The van der Waals surface area contributed by atoms with E-state index in [1.54, 1.807) is 0 Å². The molecule has 3 aliphatic heterocycles. The second kappa shape index (κ2) is 4.36. The normalized spacial score (nSPS) is 47.5. The molecule has 3 fully saturated rings. The van der Waals surface area contributed by atoms with E-state index in [9.17, 15) is 5.21 Å². The lowest BCUT2D eigenvalue weighted by atomic mass is 10.0. The molecule has 5 atom stereocenters. The van der Waals surface area contributed by atoms with Crippen LogP contribution in [0.5, 0.6) is 0 Å². The molecule has 3 aliphatic rings. The maximum absolute atomic E-state index is 9.38. The van der Waals surface area contributed by atoms with Gasteiger partial charge in [0.2, 0.25) is 0 Å². The van der Waals surface area contributed by atoms with Crippen molar-refractivity contribution < 1.29 is 28.9 Å². The number of nitrogens with one attached hydrogen (secondary N) is 1. The fourth-order valence-electron chi connectivity index (χ4n) is 2.88. The standard InChI is InChI=1S/C12H21NO6/c1-11(2)15-5-6(17-11)8-7(13-14)9-10(16-8)19-12(3,4)18-9/h6-10,13-14H,5H2,1-4H3/t6?,7-,8-,9-,10-/m1/s1. The molecule has 0 aromatic carbocycles. The van der Waals surface area contributed by atoms with Crippen LogP contribution in [-0.4, -0.2) is 54.0 Å². The van der Waals surface area contributed by atoms with Gasteiger partial charge in [0.25, 0.3) is 0 Å². The third-order valence-corrected chi connectivity index (χ3v) is 3.63. The van der Waals surface area contributed by atoms with Gasteiger partial charge in [-0.3, -0.25) is 0 Å². The maximum Gasteiger partial charge on any atom is 0.189 e. The predicted molar refractivity (Wildman–Crippen MR) is 62.3 cm³/mol. The van der Waals surface area contributed by atoms with Crippen LogP contribution < -0.4 is 5.48 Å². The Morgan fingerprint density at radius 1 is 1.00 bits per heavy atom. The molecule has 7 heteroatoms. The smallest absolute Gasteiger partial charge is 0.189 e. The van der Waals surface area contributed by atoms with Gasteiger partial charge < -0.3 is 28.9 Å². The molecule has 0 aromatic heterocycles. The first kappa shape index (κ1) is 13.7. The van der Waals surface area contributed by atoms with Crippen LogP contribution in [0.1, 0.15) is 27.7 Å². The topological polar surface area (TPSA) is 78.4 Å². The Hall–Kier alpha value is -0.280. The van der Waals surface area contributed by atoms with E-state index in [4.69, 9.17) is 23.7 Å². The van der Waals surface area contributed by atoms with Crippen LogP contribution in [0.15, 0.2) is 0 Å². The van der Waals surface area contributed by atoms with Gasteiger partial charge in [-0.05, 0) is 27.7 Å². The molecule has 0 aromatic rings. The molecule has 3 saturated heterocycles. The highest BCUT2D eigenvalue weighted by atomic mass is 16.8. The molecule has 0 saturated carbocycles. The first-order valence-corrected chi connectivity index (χ1v) is 6.54. The highest BCUT2D eigenvalue weighted by Gasteiger charge is 2.58. The van der Waals surface area contributed by atoms with Crippen LogP contribution in [0.2, 0.25) is 0 Å². The molecule has 0 aliphatic carbocycles. The molecular formula is C12H21NO6. The quantitative estimate of drug-likeness (QED) is 0.704. The van der Waals surface area contributed by atoms with Crippen LogP contribution in [-0.2, 0) is 23.7 Å². The van der Waals surface area contributed by atoms with Crippen molar-refractivity contribution in [2.24, 2.45) is 0 Å². The molecule has 110 valence electrons. The van der Waals surface area contributed by atoms with Gasteiger partial charge in [0, 0.05) is 0 Å². The number of hydrogen-bond acceptors (Lipinski definition) is 7. The Kier molecular flexibility index (Phi) is 3.14. The van der Waals surface area contributed by atoms with Crippen LogP contribution in [0, 0.1) is 0 Å². The van der Waals surface area contributed by atoms with Gasteiger partial charge in [-0.1, -0.05) is 0 Å². The van der Waals surface area contributed by atoms with Gasteiger partial charge in [-0.25, -0.2) is 0 Å². The van der Waals surface area contributed by atoms with Gasteiger partial charge in [-0.2, -0.15) is 5.48 Å². The highest BCUT2D eigenvalue weighted by molar-refractivity contribution is 5.00. The zero-order valence-electron chi connectivity index (χ0n) is 11.6. The van der Waals surface area contributed by atoms with E-state index >= 15 is 0 Å². The number of hydroxylamine groups is 1. The molecular weight excluding hydrogens is 254 g/mol. The van der Waals surface area contributed by atoms with Crippen LogP contribution >= 0.6 is 0 Å². The molecule has 0 bridgehead atoms. The number of fused-ring (bicyclic) bond motifs is 1. The van der Waals surface area contributed by atoms with E-state index in [1.807, 2.05) is 27.7 Å². The summed E-state index contributed by atoms with van der Waals surface area (Å²) in [6.45, 7) is 7.74. The summed E-state index contributed by atoms with van der Waals surface area (Å²) in [5.74, 6) is -1.34. The molecule has 2 N–H and O–H groups in total. The number of hydrogen-bond donors (Lipinski definition) is 2. The van der Waals surface area contributed by atoms with Crippen molar-refractivity contribution in [2.75, 3.05) is 6.61 Å². The van der Waals surface area contributed by atoms with E-state index in [-0.39, 0.29) is 18.3 Å². The van der Waals surface area contributed by atoms with Crippen molar-refractivity contribution >= 4 is 0 Å². The third kappa shape index (κ3) is 2.40. The summed E-state index contributed by atoms with van der Waals surface area (Å²) >= 11 is 0. The zero-order valence-corrected chi connectivity index (χ0v) is 11.6. The molecule has 3 rings (SSSR count). The minimum Gasteiger partial charge on any atom is -0.348 e. The fraction of sp³-hybridized carbons (Fsp3) is 1.00. The second-order valence-corrected chi connectivity index (χ2v) is 6.09. The van der Waals surface area contributed by atoms with Gasteiger partial charge in [-0.15, -0.1) is 0 Å². The molecule has 7 nitrogen and oxygen atoms in total. The summed E-state index contributed by atoms with van der Waals surface area (Å²) in [7, 11) is 0. The summed E-state index contributed by atoms with van der Waals surface area (Å²) in [5, 5.41) is 9.38. The van der Waals surface area contributed by atoms with E-state index in [0.717, 1.165) is 0 Å². The lowest BCUT2D eigenvalue weighted by Gasteiger charge is -2.28. The summed E-state index contributed by atoms with van der Waals surface area (Å²) < 4.78 is 28.5. The van der Waals surface area contributed by atoms with Crippen molar-refractivity contribution in [3.05, 3.63) is 0 Å². The van der Waals surface area contributed by atoms with Crippen molar-refractivity contribution in [3.63, 3.8) is 0 Å².